The number of urea groups is 1. The maximum absolute atomic E-state index is 12.4. The molecule has 0 unspecified atom stereocenters. The van der Waals surface area contributed by atoms with Crippen LogP contribution in [0.3, 0.4) is 0 Å². The second-order valence-corrected chi connectivity index (χ2v) is 5.72. The number of carbonyl (C=O) groups excluding carboxylic acids is 2. The van der Waals surface area contributed by atoms with Crippen molar-refractivity contribution in [2.45, 2.75) is 26.8 Å². The Balaban J connectivity index is 2.33. The molecule has 0 aromatic heterocycles. The Morgan fingerprint density at radius 3 is 2.48 bits per heavy atom. The van der Waals surface area contributed by atoms with Crippen molar-refractivity contribution in [2.75, 3.05) is 24.6 Å². The van der Waals surface area contributed by atoms with Crippen molar-refractivity contribution in [2.24, 2.45) is 0 Å². The highest BCUT2D eigenvalue weighted by atomic mass is 16.5. The predicted molar refractivity (Wildman–Crippen MR) is 98.3 cm³/mol. The highest BCUT2D eigenvalue weighted by Crippen LogP contribution is 2.29. The van der Waals surface area contributed by atoms with Crippen LogP contribution in [0.1, 0.15) is 32.4 Å². The number of amides is 2. The summed E-state index contributed by atoms with van der Waals surface area (Å²) in [7, 11) is 0. The maximum Gasteiger partial charge on any atom is 0.338 e. The number of allylic oxidation sites excluding steroid dienone is 1. The van der Waals surface area contributed by atoms with E-state index in [1.165, 1.54) is 6.08 Å². The van der Waals surface area contributed by atoms with Crippen molar-refractivity contribution in [3.63, 3.8) is 0 Å². The van der Waals surface area contributed by atoms with Gasteiger partial charge >= 0.3 is 12.0 Å². The second kappa shape index (κ2) is 8.37. The molecule has 0 aliphatic carbocycles. The van der Waals surface area contributed by atoms with Gasteiger partial charge in [-0.2, -0.15) is 0 Å². The van der Waals surface area contributed by atoms with Crippen LogP contribution in [-0.4, -0.2) is 31.7 Å². The molecule has 2 rings (SSSR count). The molecule has 0 spiro atoms. The molecule has 0 saturated carbocycles. The van der Waals surface area contributed by atoms with Crippen molar-refractivity contribution in [3.8, 4) is 0 Å². The van der Waals surface area contributed by atoms with Gasteiger partial charge in [0.2, 0.25) is 0 Å². The number of nitrogens with one attached hydrogen (secondary N) is 2. The quantitative estimate of drug-likeness (QED) is 0.590. The number of carbonyl (C=O) groups is 2. The average molecular weight is 343 g/mol. The summed E-state index contributed by atoms with van der Waals surface area (Å²) < 4.78 is 5.17. The smallest absolute Gasteiger partial charge is 0.338 e. The summed E-state index contributed by atoms with van der Waals surface area (Å²) in [5.74, 6) is -0.470. The van der Waals surface area contributed by atoms with E-state index >= 15 is 0 Å². The Morgan fingerprint density at radius 1 is 1.28 bits per heavy atom. The third kappa shape index (κ3) is 4.21. The summed E-state index contributed by atoms with van der Waals surface area (Å²) >= 11 is 0. The van der Waals surface area contributed by atoms with Crippen LogP contribution in [0.2, 0.25) is 0 Å². The SMILES string of the molecule is C=CCOC(=O)C1=C(C)NC(=O)N[C@@H]1c1ccc(N(CC)CC)cc1. The highest BCUT2D eigenvalue weighted by Gasteiger charge is 2.32. The number of nitrogens with zero attached hydrogens (tertiary/aromatic N) is 1. The van der Waals surface area contributed by atoms with Gasteiger partial charge in [0.25, 0.3) is 0 Å². The van der Waals surface area contributed by atoms with Crippen molar-refractivity contribution >= 4 is 17.7 Å². The Morgan fingerprint density at radius 2 is 1.92 bits per heavy atom. The Bertz CT molecular complexity index is 676. The van der Waals surface area contributed by atoms with E-state index in [1.54, 1.807) is 6.92 Å². The zero-order chi connectivity index (χ0) is 18.4. The van der Waals surface area contributed by atoms with E-state index < -0.39 is 12.0 Å². The van der Waals surface area contributed by atoms with E-state index in [2.05, 4.69) is 36.0 Å². The van der Waals surface area contributed by atoms with Crippen LogP contribution in [0.25, 0.3) is 0 Å². The Kier molecular flexibility index (Phi) is 6.22. The zero-order valence-electron chi connectivity index (χ0n) is 15.0. The highest BCUT2D eigenvalue weighted by molar-refractivity contribution is 5.95. The Hall–Kier alpha value is -2.76. The third-order valence-electron chi connectivity index (χ3n) is 4.18. The molecule has 0 fully saturated rings. The van der Waals surface area contributed by atoms with Gasteiger partial charge in [0.15, 0.2) is 0 Å². The fourth-order valence-electron chi connectivity index (χ4n) is 2.89. The number of rotatable bonds is 7. The lowest BCUT2D eigenvalue weighted by atomic mass is 9.95. The molecular formula is C19H25N3O3. The molecule has 0 saturated heterocycles. The van der Waals surface area contributed by atoms with E-state index in [0.717, 1.165) is 24.3 Å². The first-order valence-corrected chi connectivity index (χ1v) is 8.43. The van der Waals surface area contributed by atoms with Gasteiger partial charge in [-0.3, -0.25) is 0 Å². The van der Waals surface area contributed by atoms with Crippen LogP contribution < -0.4 is 15.5 Å². The van der Waals surface area contributed by atoms with Gasteiger partial charge in [0.05, 0.1) is 11.6 Å². The van der Waals surface area contributed by atoms with Gasteiger partial charge in [0.1, 0.15) is 6.61 Å². The first kappa shape index (κ1) is 18.6. The second-order valence-electron chi connectivity index (χ2n) is 5.72. The van der Waals surface area contributed by atoms with E-state index in [4.69, 9.17) is 4.74 Å². The van der Waals surface area contributed by atoms with E-state index in [9.17, 15) is 9.59 Å². The predicted octanol–water partition coefficient (Wildman–Crippen LogP) is 2.89. The number of anilines is 1. The molecule has 1 aliphatic rings. The topological polar surface area (TPSA) is 70.7 Å². The van der Waals surface area contributed by atoms with Crippen LogP contribution in [-0.2, 0) is 9.53 Å². The molecule has 1 aliphatic heterocycles. The summed E-state index contributed by atoms with van der Waals surface area (Å²) in [6.45, 7) is 11.4. The lowest BCUT2D eigenvalue weighted by molar-refractivity contribution is -0.138. The molecule has 134 valence electrons. The van der Waals surface area contributed by atoms with Gasteiger partial charge < -0.3 is 20.3 Å². The fourth-order valence-corrected chi connectivity index (χ4v) is 2.89. The number of hydrogen-bond donors (Lipinski definition) is 2. The van der Waals surface area contributed by atoms with Gasteiger partial charge in [0, 0.05) is 24.5 Å². The third-order valence-corrected chi connectivity index (χ3v) is 4.18. The number of benzene rings is 1. The maximum atomic E-state index is 12.4. The van der Waals surface area contributed by atoms with Crippen molar-refractivity contribution in [1.29, 1.82) is 0 Å². The first-order valence-electron chi connectivity index (χ1n) is 8.43. The first-order chi connectivity index (χ1) is 12.0. The summed E-state index contributed by atoms with van der Waals surface area (Å²) in [4.78, 5) is 26.5. The molecular weight excluding hydrogens is 318 g/mol. The van der Waals surface area contributed by atoms with Crippen LogP contribution in [0.4, 0.5) is 10.5 Å². The van der Waals surface area contributed by atoms with E-state index in [0.29, 0.717) is 11.3 Å². The van der Waals surface area contributed by atoms with Crippen LogP contribution in [0.5, 0.6) is 0 Å². The minimum Gasteiger partial charge on any atom is -0.458 e. The largest absolute Gasteiger partial charge is 0.458 e. The van der Waals surface area contributed by atoms with Crippen molar-refractivity contribution in [1.82, 2.24) is 10.6 Å². The molecule has 1 aromatic carbocycles. The molecule has 2 N–H and O–H groups in total. The molecule has 0 bridgehead atoms. The summed E-state index contributed by atoms with van der Waals surface area (Å²) in [5, 5.41) is 5.43. The molecule has 25 heavy (non-hydrogen) atoms. The number of esters is 1. The normalized spacial score (nSPS) is 16.8. The monoisotopic (exact) mass is 343 g/mol. The van der Waals surface area contributed by atoms with E-state index in [1.807, 2.05) is 24.3 Å². The number of ether oxygens (including phenoxy) is 1. The fraction of sp³-hybridized carbons (Fsp3) is 0.368. The Labute approximate surface area is 148 Å². The lowest BCUT2D eigenvalue weighted by Crippen LogP contribution is -2.45. The van der Waals surface area contributed by atoms with Crippen LogP contribution in [0.15, 0.2) is 48.2 Å². The molecule has 2 amide bonds. The van der Waals surface area contributed by atoms with Crippen molar-refractivity contribution in [3.05, 3.63) is 53.8 Å². The van der Waals surface area contributed by atoms with Gasteiger partial charge in [-0.05, 0) is 38.5 Å². The molecule has 1 heterocycles. The van der Waals surface area contributed by atoms with Gasteiger partial charge in [-0.15, -0.1) is 0 Å². The molecule has 6 heteroatoms. The van der Waals surface area contributed by atoms with Gasteiger partial charge in [-0.25, -0.2) is 9.59 Å². The summed E-state index contributed by atoms with van der Waals surface area (Å²) in [6, 6.07) is 6.97. The standard InChI is InChI=1S/C19H25N3O3/c1-5-12-25-18(23)16-13(4)20-19(24)21-17(16)14-8-10-15(11-9-14)22(6-2)7-3/h5,8-11,17H,1,6-7,12H2,2-4H3,(H2,20,21,24)/t17-/m1/s1. The zero-order valence-corrected chi connectivity index (χ0v) is 15.0. The number of hydrogen-bond acceptors (Lipinski definition) is 4. The van der Waals surface area contributed by atoms with Crippen LogP contribution in [0, 0.1) is 0 Å². The molecule has 6 nitrogen and oxygen atoms in total. The van der Waals surface area contributed by atoms with E-state index in [-0.39, 0.29) is 12.6 Å². The minimum atomic E-state index is -0.545. The summed E-state index contributed by atoms with van der Waals surface area (Å²) in [6.07, 6.45) is 1.51. The minimum absolute atomic E-state index is 0.122. The summed E-state index contributed by atoms with van der Waals surface area (Å²) in [5.41, 5.74) is 2.83. The molecule has 1 aromatic rings. The van der Waals surface area contributed by atoms with Gasteiger partial charge in [-0.1, -0.05) is 24.8 Å². The molecule has 0 radical (unpaired) electrons. The average Bonchev–Trinajstić information content (AvgIpc) is 2.60. The lowest BCUT2D eigenvalue weighted by Gasteiger charge is -2.28. The van der Waals surface area contributed by atoms with Crippen LogP contribution >= 0.6 is 0 Å². The molecule has 1 atom stereocenters. The van der Waals surface area contributed by atoms with Crippen molar-refractivity contribution < 1.29 is 14.3 Å².